The van der Waals surface area contributed by atoms with Gasteiger partial charge in [0, 0.05) is 13.1 Å². The summed E-state index contributed by atoms with van der Waals surface area (Å²) in [5, 5.41) is 2.01. The number of H-pyrrole nitrogens is 1. The van der Waals surface area contributed by atoms with E-state index in [1.807, 2.05) is 5.01 Å². The van der Waals surface area contributed by atoms with Gasteiger partial charge in [-0.2, -0.15) is 0 Å². The van der Waals surface area contributed by atoms with Gasteiger partial charge in [-0.3, -0.25) is 4.79 Å². The van der Waals surface area contributed by atoms with Crippen molar-refractivity contribution in [2.24, 2.45) is 0 Å². The van der Waals surface area contributed by atoms with Gasteiger partial charge in [0.2, 0.25) is 0 Å². The van der Waals surface area contributed by atoms with Crippen LogP contribution in [0.3, 0.4) is 0 Å². The molecule has 0 spiro atoms. The molecule has 0 aromatic carbocycles. The molecule has 3 heterocycles. The molecule has 0 saturated carbocycles. The molecule has 0 unspecified atom stereocenters. The van der Waals surface area contributed by atoms with Gasteiger partial charge < -0.3 is 9.99 Å². The van der Waals surface area contributed by atoms with E-state index in [0.717, 1.165) is 25.9 Å². The Morgan fingerprint density at radius 1 is 1.27 bits per heavy atom. The Morgan fingerprint density at radius 2 is 2.07 bits per heavy atom. The zero-order chi connectivity index (χ0) is 10.3. The van der Waals surface area contributed by atoms with Crippen LogP contribution in [0.15, 0.2) is 17.4 Å². The van der Waals surface area contributed by atoms with Crippen LogP contribution in [0.5, 0.6) is 0 Å². The Bertz CT molecular complexity index is 537. The maximum absolute atomic E-state index is 12.0. The van der Waals surface area contributed by atoms with Crippen molar-refractivity contribution in [3.8, 4) is 0 Å². The number of fused-ring (bicyclic) bond motifs is 1. The molecule has 2 aromatic rings. The maximum atomic E-state index is 12.0. The summed E-state index contributed by atoms with van der Waals surface area (Å²) in [5.74, 6) is 0. The lowest BCUT2D eigenvalue weighted by Gasteiger charge is -2.18. The molecule has 1 fully saturated rings. The number of hydrogen-bond acceptors (Lipinski definition) is 4. The fourth-order valence-corrected chi connectivity index (χ4v) is 1.94. The van der Waals surface area contributed by atoms with E-state index in [0.29, 0.717) is 11.2 Å². The first-order valence-electron chi connectivity index (χ1n) is 5.02. The van der Waals surface area contributed by atoms with Gasteiger partial charge in [-0.15, -0.1) is 0 Å². The summed E-state index contributed by atoms with van der Waals surface area (Å²) in [7, 11) is 0. The summed E-state index contributed by atoms with van der Waals surface area (Å²) in [6.45, 7) is 1.84. The van der Waals surface area contributed by atoms with Crippen LogP contribution in [0.2, 0.25) is 0 Å². The van der Waals surface area contributed by atoms with Gasteiger partial charge in [0.1, 0.15) is 6.33 Å². The second kappa shape index (κ2) is 3.08. The SMILES string of the molecule is O=c1c2[nH]cnc2ncn1N1CCCC1. The first-order valence-corrected chi connectivity index (χ1v) is 5.02. The lowest BCUT2D eigenvalue weighted by atomic mass is 10.4. The maximum Gasteiger partial charge on any atom is 0.298 e. The Hall–Kier alpha value is -1.85. The van der Waals surface area contributed by atoms with Crippen molar-refractivity contribution in [2.75, 3.05) is 18.1 Å². The molecule has 78 valence electrons. The van der Waals surface area contributed by atoms with Gasteiger partial charge in [0.15, 0.2) is 11.2 Å². The van der Waals surface area contributed by atoms with Crippen LogP contribution in [0.1, 0.15) is 12.8 Å². The molecule has 6 heteroatoms. The van der Waals surface area contributed by atoms with E-state index < -0.39 is 0 Å². The van der Waals surface area contributed by atoms with E-state index in [-0.39, 0.29) is 5.56 Å². The minimum atomic E-state index is -0.0700. The molecular formula is C9H11N5O. The van der Waals surface area contributed by atoms with Crippen molar-refractivity contribution >= 4 is 11.2 Å². The van der Waals surface area contributed by atoms with Crippen LogP contribution < -0.4 is 10.6 Å². The van der Waals surface area contributed by atoms with E-state index in [4.69, 9.17) is 0 Å². The second-order valence-electron chi connectivity index (χ2n) is 3.66. The molecule has 0 radical (unpaired) electrons. The van der Waals surface area contributed by atoms with Crippen LogP contribution in [0, 0.1) is 0 Å². The van der Waals surface area contributed by atoms with Gasteiger partial charge in [0.25, 0.3) is 5.56 Å². The number of hydrogen-bond donors (Lipinski definition) is 1. The van der Waals surface area contributed by atoms with E-state index in [1.165, 1.54) is 6.33 Å². The lowest BCUT2D eigenvalue weighted by molar-refractivity contribution is 0.632. The predicted molar refractivity (Wildman–Crippen MR) is 55.3 cm³/mol. The van der Waals surface area contributed by atoms with Gasteiger partial charge >= 0.3 is 0 Å². The quantitative estimate of drug-likeness (QED) is 0.703. The summed E-state index contributed by atoms with van der Waals surface area (Å²) in [6.07, 6.45) is 5.31. The molecule has 1 N–H and O–H groups in total. The highest BCUT2D eigenvalue weighted by molar-refractivity contribution is 5.67. The average molecular weight is 205 g/mol. The lowest BCUT2D eigenvalue weighted by Crippen LogP contribution is -2.40. The number of imidazole rings is 1. The molecule has 0 aliphatic carbocycles. The molecule has 1 aliphatic heterocycles. The number of nitrogens with one attached hydrogen (secondary N) is 1. The Balaban J connectivity index is 2.18. The largest absolute Gasteiger partial charge is 0.339 e. The third-order valence-corrected chi connectivity index (χ3v) is 2.72. The topological polar surface area (TPSA) is 66.8 Å². The normalized spacial score (nSPS) is 16.4. The zero-order valence-corrected chi connectivity index (χ0v) is 8.18. The van der Waals surface area contributed by atoms with Crippen LogP contribution in [0.25, 0.3) is 11.2 Å². The first-order chi connectivity index (χ1) is 7.36. The highest BCUT2D eigenvalue weighted by Gasteiger charge is 2.15. The minimum Gasteiger partial charge on any atom is -0.339 e. The molecule has 0 bridgehead atoms. The molecule has 3 rings (SSSR count). The summed E-state index contributed by atoms with van der Waals surface area (Å²) < 4.78 is 1.58. The molecular weight excluding hydrogens is 194 g/mol. The fraction of sp³-hybridized carbons (Fsp3) is 0.444. The third-order valence-electron chi connectivity index (χ3n) is 2.72. The molecule has 0 atom stereocenters. The fourth-order valence-electron chi connectivity index (χ4n) is 1.94. The van der Waals surface area contributed by atoms with Crippen molar-refractivity contribution in [2.45, 2.75) is 12.8 Å². The van der Waals surface area contributed by atoms with E-state index in [9.17, 15) is 4.79 Å². The van der Waals surface area contributed by atoms with Crippen molar-refractivity contribution in [3.05, 3.63) is 23.0 Å². The Kier molecular flexibility index (Phi) is 1.74. The van der Waals surface area contributed by atoms with Crippen LogP contribution >= 0.6 is 0 Å². The van der Waals surface area contributed by atoms with Crippen LogP contribution in [0.4, 0.5) is 0 Å². The number of nitrogens with zero attached hydrogens (tertiary/aromatic N) is 4. The van der Waals surface area contributed by atoms with Crippen molar-refractivity contribution in [1.82, 2.24) is 19.6 Å². The minimum absolute atomic E-state index is 0.0700. The number of aromatic nitrogens is 4. The van der Waals surface area contributed by atoms with Gasteiger partial charge in [-0.1, -0.05) is 0 Å². The summed E-state index contributed by atoms with van der Waals surface area (Å²) in [6, 6.07) is 0. The molecule has 1 aliphatic rings. The zero-order valence-electron chi connectivity index (χ0n) is 8.18. The molecule has 0 amide bonds. The number of aromatic amines is 1. The monoisotopic (exact) mass is 205 g/mol. The highest BCUT2D eigenvalue weighted by atomic mass is 16.1. The van der Waals surface area contributed by atoms with Crippen LogP contribution in [-0.2, 0) is 0 Å². The van der Waals surface area contributed by atoms with Crippen molar-refractivity contribution in [1.29, 1.82) is 0 Å². The highest BCUT2D eigenvalue weighted by Crippen LogP contribution is 2.05. The Morgan fingerprint density at radius 3 is 2.87 bits per heavy atom. The van der Waals surface area contributed by atoms with Crippen molar-refractivity contribution in [3.63, 3.8) is 0 Å². The van der Waals surface area contributed by atoms with Gasteiger partial charge in [-0.25, -0.2) is 14.6 Å². The molecule has 6 nitrogen and oxygen atoms in total. The van der Waals surface area contributed by atoms with E-state index in [2.05, 4.69) is 15.0 Å². The average Bonchev–Trinajstić information content (AvgIpc) is 2.87. The molecule has 15 heavy (non-hydrogen) atoms. The predicted octanol–water partition coefficient (Wildman–Crippen LogP) is -0.149. The standard InChI is InChI=1S/C9H11N5O/c15-9-7-8(11-5-10-7)12-6-14(9)13-3-1-2-4-13/h5-6H,1-4H2,(H,10,11). The summed E-state index contributed by atoms with van der Waals surface area (Å²) in [4.78, 5) is 22.9. The van der Waals surface area contributed by atoms with Crippen molar-refractivity contribution < 1.29 is 0 Å². The third kappa shape index (κ3) is 1.21. The van der Waals surface area contributed by atoms with E-state index in [1.54, 1.807) is 11.0 Å². The summed E-state index contributed by atoms with van der Waals surface area (Å²) in [5.41, 5.74) is 0.888. The molecule has 2 aromatic heterocycles. The smallest absolute Gasteiger partial charge is 0.298 e. The molecule has 1 saturated heterocycles. The number of rotatable bonds is 1. The summed E-state index contributed by atoms with van der Waals surface area (Å²) >= 11 is 0. The van der Waals surface area contributed by atoms with Gasteiger partial charge in [-0.05, 0) is 12.8 Å². The van der Waals surface area contributed by atoms with Crippen LogP contribution in [-0.4, -0.2) is 32.7 Å². The van der Waals surface area contributed by atoms with Gasteiger partial charge in [0.05, 0.1) is 6.33 Å². The Labute approximate surface area is 85.5 Å². The van der Waals surface area contributed by atoms with E-state index >= 15 is 0 Å². The first kappa shape index (κ1) is 8.46. The second-order valence-corrected chi connectivity index (χ2v) is 3.66.